The molecular weight excluding hydrogens is 316 g/mol. The largest absolute Gasteiger partial charge is 0.371 e. The maximum Gasteiger partial charge on any atom is 0.226 e. The van der Waals surface area contributed by atoms with Gasteiger partial charge in [0.05, 0.1) is 18.1 Å². The standard InChI is InChI=1S/C19H22N4O2/c24-19(22-10-14-3-1-5-20-8-14)17-7-16-12-23(13-18(17)25-16)11-15-4-2-6-21-9-15/h1-6,8-9,16-18H,7,10-13H2,(H,22,24)/t16-,17+,18+/m0/s1. The quantitative estimate of drug-likeness (QED) is 0.892. The Morgan fingerprint density at radius 3 is 2.64 bits per heavy atom. The van der Waals surface area contributed by atoms with Gasteiger partial charge in [-0.05, 0) is 29.7 Å². The highest BCUT2D eigenvalue weighted by Gasteiger charge is 2.44. The minimum Gasteiger partial charge on any atom is -0.371 e. The van der Waals surface area contributed by atoms with Crippen LogP contribution in [0.15, 0.2) is 49.1 Å². The van der Waals surface area contributed by atoms with E-state index >= 15 is 0 Å². The molecule has 0 aromatic carbocycles. The van der Waals surface area contributed by atoms with E-state index in [0.717, 1.165) is 31.6 Å². The third-order valence-electron chi connectivity index (χ3n) is 4.89. The molecule has 0 radical (unpaired) electrons. The first-order valence-corrected chi connectivity index (χ1v) is 8.71. The van der Waals surface area contributed by atoms with Crippen LogP contribution in [0.5, 0.6) is 0 Å². The Hall–Kier alpha value is -2.31. The van der Waals surface area contributed by atoms with Gasteiger partial charge in [-0.25, -0.2) is 0 Å². The van der Waals surface area contributed by atoms with Crippen LogP contribution in [0.1, 0.15) is 17.5 Å². The lowest BCUT2D eigenvalue weighted by atomic mass is 9.99. The molecule has 4 heterocycles. The summed E-state index contributed by atoms with van der Waals surface area (Å²) in [6.45, 7) is 3.03. The second kappa shape index (κ2) is 7.29. The molecule has 2 aromatic rings. The third kappa shape index (κ3) is 3.86. The number of carbonyl (C=O) groups excluding carboxylic acids is 1. The summed E-state index contributed by atoms with van der Waals surface area (Å²) in [5.41, 5.74) is 2.21. The summed E-state index contributed by atoms with van der Waals surface area (Å²) in [6.07, 6.45) is 8.11. The van der Waals surface area contributed by atoms with E-state index in [-0.39, 0.29) is 24.0 Å². The number of amides is 1. The Balaban J connectivity index is 1.33. The van der Waals surface area contributed by atoms with Crippen molar-refractivity contribution < 1.29 is 9.53 Å². The number of hydrogen-bond acceptors (Lipinski definition) is 5. The van der Waals surface area contributed by atoms with E-state index in [2.05, 4.69) is 26.3 Å². The Morgan fingerprint density at radius 2 is 1.92 bits per heavy atom. The normalized spacial score (nSPS) is 25.7. The Morgan fingerprint density at radius 1 is 1.16 bits per heavy atom. The van der Waals surface area contributed by atoms with Gasteiger partial charge in [-0.1, -0.05) is 12.1 Å². The van der Waals surface area contributed by atoms with Gasteiger partial charge in [0.25, 0.3) is 0 Å². The van der Waals surface area contributed by atoms with Crippen molar-refractivity contribution in [1.82, 2.24) is 20.2 Å². The fraction of sp³-hybridized carbons (Fsp3) is 0.421. The number of nitrogens with one attached hydrogen (secondary N) is 1. The van der Waals surface area contributed by atoms with Crippen LogP contribution >= 0.6 is 0 Å². The van der Waals surface area contributed by atoms with Gasteiger partial charge in [0, 0.05) is 51.0 Å². The van der Waals surface area contributed by atoms with Crippen LogP contribution in [-0.2, 0) is 22.6 Å². The second-order valence-electron chi connectivity index (χ2n) is 6.77. The van der Waals surface area contributed by atoms with E-state index in [1.807, 2.05) is 24.4 Å². The Labute approximate surface area is 147 Å². The Kier molecular flexibility index (Phi) is 4.72. The first-order valence-electron chi connectivity index (χ1n) is 8.71. The second-order valence-corrected chi connectivity index (χ2v) is 6.77. The van der Waals surface area contributed by atoms with E-state index in [9.17, 15) is 4.79 Å². The smallest absolute Gasteiger partial charge is 0.226 e. The van der Waals surface area contributed by atoms with Crippen molar-refractivity contribution >= 4 is 5.91 Å². The molecular formula is C19H22N4O2. The van der Waals surface area contributed by atoms with E-state index < -0.39 is 0 Å². The first-order chi connectivity index (χ1) is 12.3. The molecule has 2 fully saturated rings. The van der Waals surface area contributed by atoms with Crippen molar-refractivity contribution in [1.29, 1.82) is 0 Å². The van der Waals surface area contributed by atoms with Crippen molar-refractivity contribution in [3.05, 3.63) is 60.2 Å². The van der Waals surface area contributed by atoms with Crippen LogP contribution in [0.4, 0.5) is 0 Å². The summed E-state index contributed by atoms with van der Waals surface area (Å²) >= 11 is 0. The lowest BCUT2D eigenvalue weighted by Crippen LogP contribution is -2.44. The fourth-order valence-corrected chi connectivity index (χ4v) is 3.72. The molecule has 25 heavy (non-hydrogen) atoms. The predicted octanol–water partition coefficient (Wildman–Crippen LogP) is 1.38. The third-order valence-corrected chi connectivity index (χ3v) is 4.89. The first kappa shape index (κ1) is 16.2. The SMILES string of the molecule is O=C(NCc1cccnc1)[C@@H]1C[C@H]2CN(Cc3cccnc3)C[C@H]1O2. The van der Waals surface area contributed by atoms with Crippen LogP contribution in [0.25, 0.3) is 0 Å². The number of carbonyl (C=O) groups is 1. The zero-order chi connectivity index (χ0) is 17.1. The molecule has 2 aliphatic heterocycles. The zero-order valence-corrected chi connectivity index (χ0v) is 14.0. The summed E-state index contributed by atoms with van der Waals surface area (Å²) in [5, 5.41) is 3.03. The summed E-state index contributed by atoms with van der Waals surface area (Å²) < 4.78 is 6.02. The molecule has 0 aliphatic carbocycles. The van der Waals surface area contributed by atoms with Gasteiger partial charge >= 0.3 is 0 Å². The monoisotopic (exact) mass is 338 g/mol. The van der Waals surface area contributed by atoms with Crippen LogP contribution in [0.3, 0.4) is 0 Å². The molecule has 130 valence electrons. The number of pyridine rings is 2. The average molecular weight is 338 g/mol. The van der Waals surface area contributed by atoms with Crippen LogP contribution in [0, 0.1) is 5.92 Å². The molecule has 6 nitrogen and oxygen atoms in total. The molecule has 2 bridgehead atoms. The molecule has 2 aromatic heterocycles. The van der Waals surface area contributed by atoms with Crippen molar-refractivity contribution in [3.63, 3.8) is 0 Å². The molecule has 0 unspecified atom stereocenters. The fourth-order valence-electron chi connectivity index (χ4n) is 3.72. The van der Waals surface area contributed by atoms with Crippen LogP contribution in [-0.4, -0.2) is 46.1 Å². The van der Waals surface area contributed by atoms with Gasteiger partial charge in [-0.2, -0.15) is 0 Å². The zero-order valence-electron chi connectivity index (χ0n) is 14.0. The van der Waals surface area contributed by atoms with Crippen molar-refractivity contribution in [2.75, 3.05) is 13.1 Å². The lowest BCUT2D eigenvalue weighted by molar-refractivity contribution is -0.128. The number of rotatable bonds is 5. The summed E-state index contributed by atoms with van der Waals surface area (Å²) in [4.78, 5) is 23.2. The van der Waals surface area contributed by atoms with Crippen LogP contribution in [0.2, 0.25) is 0 Å². The Bertz CT molecular complexity index is 710. The number of aromatic nitrogens is 2. The molecule has 6 heteroatoms. The van der Waals surface area contributed by atoms with E-state index in [0.29, 0.717) is 6.54 Å². The van der Waals surface area contributed by atoms with E-state index in [1.165, 1.54) is 5.56 Å². The van der Waals surface area contributed by atoms with E-state index in [1.54, 1.807) is 18.6 Å². The summed E-state index contributed by atoms with van der Waals surface area (Å²) in [5.74, 6) is 0.0140. The van der Waals surface area contributed by atoms with Crippen LogP contribution < -0.4 is 5.32 Å². The number of nitrogens with zero attached hydrogens (tertiary/aromatic N) is 3. The predicted molar refractivity (Wildman–Crippen MR) is 92.4 cm³/mol. The summed E-state index contributed by atoms with van der Waals surface area (Å²) in [7, 11) is 0. The van der Waals surface area contributed by atoms with Crippen molar-refractivity contribution in [2.45, 2.75) is 31.7 Å². The number of hydrogen-bond donors (Lipinski definition) is 1. The maximum absolute atomic E-state index is 12.6. The number of likely N-dealkylation sites (tertiary alicyclic amines) is 1. The van der Waals surface area contributed by atoms with Crippen molar-refractivity contribution in [3.8, 4) is 0 Å². The number of morpholine rings is 1. The average Bonchev–Trinajstić information content (AvgIpc) is 2.96. The highest BCUT2D eigenvalue weighted by Crippen LogP contribution is 2.32. The molecule has 2 saturated heterocycles. The maximum atomic E-state index is 12.6. The number of ether oxygens (including phenoxy) is 1. The molecule has 4 rings (SSSR count). The number of fused-ring (bicyclic) bond motifs is 2. The van der Waals surface area contributed by atoms with Gasteiger partial charge in [0.2, 0.25) is 5.91 Å². The highest BCUT2D eigenvalue weighted by atomic mass is 16.5. The molecule has 1 amide bonds. The van der Waals surface area contributed by atoms with Gasteiger partial charge in [-0.3, -0.25) is 19.7 Å². The lowest BCUT2D eigenvalue weighted by Gasteiger charge is -2.32. The highest BCUT2D eigenvalue weighted by molar-refractivity contribution is 5.79. The minimum absolute atomic E-state index is 0.0238. The van der Waals surface area contributed by atoms with E-state index in [4.69, 9.17) is 4.74 Å². The topological polar surface area (TPSA) is 67.4 Å². The molecule has 3 atom stereocenters. The molecule has 0 spiro atoms. The van der Waals surface area contributed by atoms with Gasteiger partial charge in [-0.15, -0.1) is 0 Å². The van der Waals surface area contributed by atoms with Crippen molar-refractivity contribution in [2.24, 2.45) is 5.92 Å². The van der Waals surface area contributed by atoms with Gasteiger partial charge in [0.15, 0.2) is 0 Å². The molecule has 2 aliphatic rings. The van der Waals surface area contributed by atoms with Gasteiger partial charge < -0.3 is 10.1 Å². The van der Waals surface area contributed by atoms with Gasteiger partial charge in [0.1, 0.15) is 0 Å². The molecule has 1 N–H and O–H groups in total. The molecule has 0 saturated carbocycles. The minimum atomic E-state index is -0.0689. The summed E-state index contributed by atoms with van der Waals surface area (Å²) in [6, 6.07) is 7.89.